The lowest BCUT2D eigenvalue weighted by Gasteiger charge is -2.25. The summed E-state index contributed by atoms with van der Waals surface area (Å²) in [4.78, 5) is 0. The van der Waals surface area contributed by atoms with Gasteiger partial charge in [0, 0.05) is 6.54 Å². The molecule has 5 nitrogen and oxygen atoms in total. The molecule has 0 aliphatic heterocycles. The molecule has 5 heteroatoms. The zero-order valence-corrected chi connectivity index (χ0v) is 8.05. The Morgan fingerprint density at radius 2 is 1.85 bits per heavy atom. The zero-order chi connectivity index (χ0) is 10.4. The summed E-state index contributed by atoms with van der Waals surface area (Å²) in [5.74, 6) is 0. The third kappa shape index (κ3) is 4.54. The molecule has 0 fully saturated rings. The number of aliphatic hydroxyl groups excluding tert-OH is 3. The molecule has 5 N–H and O–H groups in total. The van der Waals surface area contributed by atoms with Gasteiger partial charge in [-0.2, -0.15) is 0 Å². The van der Waals surface area contributed by atoms with E-state index >= 15 is 0 Å². The summed E-state index contributed by atoms with van der Waals surface area (Å²) in [6, 6.07) is 0. The average Bonchev–Trinajstić information content (AvgIpc) is 2.12. The van der Waals surface area contributed by atoms with Gasteiger partial charge in [-0.1, -0.05) is 0 Å². The Morgan fingerprint density at radius 1 is 1.31 bits per heavy atom. The van der Waals surface area contributed by atoms with Crippen LogP contribution in [0.25, 0.3) is 0 Å². The predicted octanol–water partition coefficient (Wildman–Crippen LogP) is -1.55. The van der Waals surface area contributed by atoms with Crippen LogP contribution in [0.2, 0.25) is 0 Å². The molecule has 0 radical (unpaired) electrons. The maximum absolute atomic E-state index is 9.26. The van der Waals surface area contributed by atoms with Crippen molar-refractivity contribution in [1.29, 1.82) is 0 Å². The molecule has 80 valence electrons. The summed E-state index contributed by atoms with van der Waals surface area (Å²) in [5, 5.41) is 27.2. The second kappa shape index (κ2) is 6.28. The topological polar surface area (TPSA) is 95.9 Å². The quantitative estimate of drug-likeness (QED) is 0.410. The number of aliphatic hydroxyl groups is 3. The van der Waals surface area contributed by atoms with Crippen molar-refractivity contribution in [1.82, 2.24) is 0 Å². The lowest BCUT2D eigenvalue weighted by molar-refractivity contribution is -0.118. The summed E-state index contributed by atoms with van der Waals surface area (Å²) in [6.45, 7) is 2.96. The molecule has 0 bridgehead atoms. The van der Waals surface area contributed by atoms with Crippen molar-refractivity contribution in [2.75, 3.05) is 13.2 Å². The highest BCUT2D eigenvalue weighted by Gasteiger charge is 2.22. The van der Waals surface area contributed by atoms with Crippen LogP contribution in [0, 0.1) is 0 Å². The van der Waals surface area contributed by atoms with Crippen LogP contribution in [0.1, 0.15) is 13.8 Å². The first kappa shape index (κ1) is 12.8. The molecule has 4 atom stereocenters. The minimum atomic E-state index is -0.897. The van der Waals surface area contributed by atoms with Crippen LogP contribution in [0.15, 0.2) is 0 Å². The van der Waals surface area contributed by atoms with E-state index in [4.69, 9.17) is 20.7 Å². The monoisotopic (exact) mass is 193 g/mol. The SMILES string of the molecule is C[C@H](O)[C@H](C)OC(CO)[C@@H](O)CN. The van der Waals surface area contributed by atoms with E-state index < -0.39 is 24.4 Å². The van der Waals surface area contributed by atoms with Crippen LogP contribution in [-0.4, -0.2) is 52.9 Å². The second-order valence-electron chi connectivity index (χ2n) is 3.11. The Bertz CT molecular complexity index is 131. The van der Waals surface area contributed by atoms with E-state index in [-0.39, 0.29) is 13.2 Å². The van der Waals surface area contributed by atoms with Crippen molar-refractivity contribution in [3.8, 4) is 0 Å². The molecule has 1 unspecified atom stereocenters. The molecule has 0 aliphatic carbocycles. The molecule has 0 heterocycles. The fourth-order valence-electron chi connectivity index (χ4n) is 0.797. The summed E-state index contributed by atoms with van der Waals surface area (Å²) < 4.78 is 5.18. The van der Waals surface area contributed by atoms with E-state index in [0.717, 1.165) is 0 Å². The van der Waals surface area contributed by atoms with Crippen molar-refractivity contribution < 1.29 is 20.1 Å². The largest absolute Gasteiger partial charge is 0.394 e. The lowest BCUT2D eigenvalue weighted by atomic mass is 10.2. The number of rotatable bonds is 6. The molecule has 0 aromatic rings. The van der Waals surface area contributed by atoms with E-state index in [9.17, 15) is 5.11 Å². The standard InChI is InChI=1S/C8H19NO4/c1-5(11)6(2)13-8(4-10)7(12)3-9/h5-8,10-12H,3-4,9H2,1-2H3/t5-,6-,7-,8?/m0/s1. The van der Waals surface area contributed by atoms with Crippen molar-refractivity contribution in [2.24, 2.45) is 5.73 Å². The van der Waals surface area contributed by atoms with Gasteiger partial charge >= 0.3 is 0 Å². The lowest BCUT2D eigenvalue weighted by Crippen LogP contribution is -2.41. The van der Waals surface area contributed by atoms with E-state index in [1.54, 1.807) is 13.8 Å². The Labute approximate surface area is 78.1 Å². The molecule has 0 amide bonds. The Kier molecular flexibility index (Phi) is 6.19. The summed E-state index contributed by atoms with van der Waals surface area (Å²) in [5.41, 5.74) is 5.20. The van der Waals surface area contributed by atoms with Gasteiger partial charge in [-0.3, -0.25) is 0 Å². The van der Waals surface area contributed by atoms with Crippen LogP contribution in [0.4, 0.5) is 0 Å². The number of hydrogen-bond acceptors (Lipinski definition) is 5. The summed E-state index contributed by atoms with van der Waals surface area (Å²) in [6.07, 6.45) is -2.70. The van der Waals surface area contributed by atoms with Crippen LogP contribution < -0.4 is 5.73 Å². The fraction of sp³-hybridized carbons (Fsp3) is 1.00. The van der Waals surface area contributed by atoms with E-state index in [1.165, 1.54) is 0 Å². The predicted molar refractivity (Wildman–Crippen MR) is 48.2 cm³/mol. The van der Waals surface area contributed by atoms with Gasteiger partial charge in [0.1, 0.15) is 6.10 Å². The van der Waals surface area contributed by atoms with Crippen LogP contribution in [0.5, 0.6) is 0 Å². The van der Waals surface area contributed by atoms with Gasteiger partial charge in [0.25, 0.3) is 0 Å². The Morgan fingerprint density at radius 3 is 2.15 bits per heavy atom. The smallest absolute Gasteiger partial charge is 0.108 e. The maximum Gasteiger partial charge on any atom is 0.108 e. The molecule has 0 aromatic carbocycles. The Hall–Kier alpha value is -0.200. The van der Waals surface area contributed by atoms with Crippen molar-refractivity contribution in [2.45, 2.75) is 38.3 Å². The third-order valence-electron chi connectivity index (χ3n) is 1.92. The first-order valence-corrected chi connectivity index (χ1v) is 4.35. The van der Waals surface area contributed by atoms with Gasteiger partial charge in [0.2, 0.25) is 0 Å². The van der Waals surface area contributed by atoms with Crippen molar-refractivity contribution in [3.63, 3.8) is 0 Å². The minimum Gasteiger partial charge on any atom is -0.394 e. The van der Waals surface area contributed by atoms with E-state index in [1.807, 2.05) is 0 Å². The first-order valence-electron chi connectivity index (χ1n) is 4.35. The normalized spacial score (nSPS) is 20.8. The number of ether oxygens (including phenoxy) is 1. The van der Waals surface area contributed by atoms with Crippen LogP contribution in [-0.2, 0) is 4.74 Å². The van der Waals surface area contributed by atoms with Gasteiger partial charge < -0.3 is 25.8 Å². The van der Waals surface area contributed by atoms with Crippen molar-refractivity contribution >= 4 is 0 Å². The van der Waals surface area contributed by atoms with Gasteiger partial charge in [-0.15, -0.1) is 0 Å². The molecular formula is C8H19NO4. The maximum atomic E-state index is 9.26. The molecule has 0 saturated heterocycles. The third-order valence-corrected chi connectivity index (χ3v) is 1.92. The molecule has 0 rings (SSSR count). The molecule has 0 saturated carbocycles. The minimum absolute atomic E-state index is 0.0256. The zero-order valence-electron chi connectivity index (χ0n) is 8.05. The highest BCUT2D eigenvalue weighted by Crippen LogP contribution is 2.05. The molecule has 0 aliphatic rings. The van der Waals surface area contributed by atoms with Crippen molar-refractivity contribution in [3.05, 3.63) is 0 Å². The highest BCUT2D eigenvalue weighted by molar-refractivity contribution is 4.71. The first-order chi connectivity index (χ1) is 6.02. The van der Waals surface area contributed by atoms with Crippen LogP contribution >= 0.6 is 0 Å². The summed E-state index contributed by atoms with van der Waals surface area (Å²) in [7, 11) is 0. The number of hydrogen-bond donors (Lipinski definition) is 4. The fourth-order valence-corrected chi connectivity index (χ4v) is 0.797. The molecular weight excluding hydrogens is 174 g/mol. The molecule has 13 heavy (non-hydrogen) atoms. The van der Waals surface area contributed by atoms with Gasteiger partial charge in [-0.25, -0.2) is 0 Å². The number of nitrogens with two attached hydrogens (primary N) is 1. The molecule has 0 spiro atoms. The van der Waals surface area contributed by atoms with Gasteiger partial charge in [-0.05, 0) is 13.8 Å². The van der Waals surface area contributed by atoms with Gasteiger partial charge in [0.15, 0.2) is 0 Å². The van der Waals surface area contributed by atoms with Gasteiger partial charge in [0.05, 0.1) is 24.9 Å². The highest BCUT2D eigenvalue weighted by atomic mass is 16.5. The van der Waals surface area contributed by atoms with E-state index in [0.29, 0.717) is 0 Å². The van der Waals surface area contributed by atoms with Crippen LogP contribution in [0.3, 0.4) is 0 Å². The molecule has 0 aromatic heterocycles. The second-order valence-corrected chi connectivity index (χ2v) is 3.11. The Balaban J connectivity index is 3.97. The van der Waals surface area contributed by atoms with E-state index in [2.05, 4.69) is 0 Å². The average molecular weight is 193 g/mol. The summed E-state index contributed by atoms with van der Waals surface area (Å²) >= 11 is 0.